The smallest absolute Gasteiger partial charge is 0.409 e. The van der Waals surface area contributed by atoms with Crippen molar-refractivity contribution in [3.05, 3.63) is 0 Å². The standard InChI is InChI=1S/C11H21NO3/c1-4-15-11(13)12-7-5-10(6-8-12)9(2)14-3/h9-10H,4-8H2,1-3H3. The first-order valence-electron chi connectivity index (χ1n) is 5.63. The minimum atomic E-state index is -0.180. The SMILES string of the molecule is CCOC(=O)N1CCC(C(C)OC)CC1. The van der Waals surface area contributed by atoms with Gasteiger partial charge in [0.05, 0.1) is 12.7 Å². The van der Waals surface area contributed by atoms with E-state index in [-0.39, 0.29) is 12.2 Å². The number of methoxy groups -OCH3 is 1. The first-order valence-corrected chi connectivity index (χ1v) is 5.63. The van der Waals surface area contributed by atoms with Gasteiger partial charge in [0.2, 0.25) is 0 Å². The van der Waals surface area contributed by atoms with Gasteiger partial charge in [-0.2, -0.15) is 0 Å². The number of ether oxygens (including phenoxy) is 2. The van der Waals surface area contributed by atoms with Crippen LogP contribution in [-0.4, -0.2) is 43.9 Å². The molecule has 1 aliphatic rings. The van der Waals surface area contributed by atoms with Crippen molar-refractivity contribution in [2.75, 3.05) is 26.8 Å². The summed E-state index contributed by atoms with van der Waals surface area (Å²) >= 11 is 0. The van der Waals surface area contributed by atoms with Crippen molar-refractivity contribution in [1.82, 2.24) is 4.90 Å². The second kappa shape index (κ2) is 5.95. The Morgan fingerprint density at radius 1 is 1.47 bits per heavy atom. The number of carbonyl (C=O) groups excluding carboxylic acids is 1. The van der Waals surface area contributed by atoms with Crippen molar-refractivity contribution in [3.8, 4) is 0 Å². The van der Waals surface area contributed by atoms with E-state index in [4.69, 9.17) is 9.47 Å². The van der Waals surface area contributed by atoms with Gasteiger partial charge in [0.15, 0.2) is 0 Å². The number of hydrogen-bond acceptors (Lipinski definition) is 3. The van der Waals surface area contributed by atoms with Crippen LogP contribution in [0.3, 0.4) is 0 Å². The van der Waals surface area contributed by atoms with Gasteiger partial charge in [-0.1, -0.05) is 0 Å². The molecule has 0 bridgehead atoms. The summed E-state index contributed by atoms with van der Waals surface area (Å²) in [6.07, 6.45) is 2.12. The van der Waals surface area contributed by atoms with Crippen molar-refractivity contribution in [3.63, 3.8) is 0 Å². The summed E-state index contributed by atoms with van der Waals surface area (Å²) in [7, 11) is 1.74. The van der Waals surface area contributed by atoms with E-state index in [1.54, 1.807) is 12.0 Å². The van der Waals surface area contributed by atoms with E-state index in [2.05, 4.69) is 6.92 Å². The molecule has 4 nitrogen and oxygen atoms in total. The molecule has 1 heterocycles. The van der Waals surface area contributed by atoms with Crippen molar-refractivity contribution < 1.29 is 14.3 Å². The number of hydrogen-bond donors (Lipinski definition) is 0. The summed E-state index contributed by atoms with van der Waals surface area (Å²) in [5.41, 5.74) is 0. The lowest BCUT2D eigenvalue weighted by atomic mass is 9.92. The summed E-state index contributed by atoms with van der Waals surface area (Å²) < 4.78 is 10.3. The number of carbonyl (C=O) groups is 1. The minimum Gasteiger partial charge on any atom is -0.450 e. The molecule has 0 spiro atoms. The zero-order valence-electron chi connectivity index (χ0n) is 9.86. The first-order chi connectivity index (χ1) is 7.19. The third-order valence-corrected chi connectivity index (χ3v) is 3.10. The first kappa shape index (κ1) is 12.3. The van der Waals surface area contributed by atoms with Gasteiger partial charge in [-0.05, 0) is 32.6 Å². The normalized spacial score (nSPS) is 20.1. The van der Waals surface area contributed by atoms with E-state index in [0.29, 0.717) is 12.5 Å². The molecule has 15 heavy (non-hydrogen) atoms. The van der Waals surface area contributed by atoms with Crippen LogP contribution in [0.1, 0.15) is 26.7 Å². The number of amides is 1. The lowest BCUT2D eigenvalue weighted by Gasteiger charge is -2.33. The molecule has 1 rings (SSSR count). The quantitative estimate of drug-likeness (QED) is 0.721. The van der Waals surface area contributed by atoms with Crippen LogP contribution in [0.15, 0.2) is 0 Å². The van der Waals surface area contributed by atoms with Gasteiger partial charge in [0.25, 0.3) is 0 Å². The van der Waals surface area contributed by atoms with E-state index in [1.807, 2.05) is 6.92 Å². The molecule has 1 amide bonds. The molecular formula is C11H21NO3. The van der Waals surface area contributed by atoms with Gasteiger partial charge < -0.3 is 14.4 Å². The Bertz CT molecular complexity index is 200. The Kier molecular flexibility index (Phi) is 4.88. The topological polar surface area (TPSA) is 38.8 Å². The maximum Gasteiger partial charge on any atom is 0.409 e. The van der Waals surface area contributed by atoms with Crippen molar-refractivity contribution in [1.29, 1.82) is 0 Å². The summed E-state index contributed by atoms with van der Waals surface area (Å²) in [6, 6.07) is 0. The summed E-state index contributed by atoms with van der Waals surface area (Å²) in [6.45, 7) is 5.95. The van der Waals surface area contributed by atoms with Gasteiger partial charge >= 0.3 is 6.09 Å². The van der Waals surface area contributed by atoms with Crippen molar-refractivity contribution >= 4 is 6.09 Å². The third-order valence-electron chi connectivity index (χ3n) is 3.10. The van der Waals surface area contributed by atoms with E-state index in [9.17, 15) is 4.79 Å². The third kappa shape index (κ3) is 3.38. The molecule has 88 valence electrons. The minimum absolute atomic E-state index is 0.180. The van der Waals surface area contributed by atoms with Crippen LogP contribution in [0.2, 0.25) is 0 Å². The Morgan fingerprint density at radius 3 is 2.53 bits per heavy atom. The average Bonchev–Trinajstić information content (AvgIpc) is 2.28. The van der Waals surface area contributed by atoms with Crippen LogP contribution in [0.4, 0.5) is 4.79 Å². The summed E-state index contributed by atoms with van der Waals surface area (Å²) in [4.78, 5) is 13.2. The highest BCUT2D eigenvalue weighted by molar-refractivity contribution is 5.67. The van der Waals surface area contributed by atoms with E-state index >= 15 is 0 Å². The van der Waals surface area contributed by atoms with Crippen LogP contribution < -0.4 is 0 Å². The average molecular weight is 215 g/mol. The predicted octanol–water partition coefficient (Wildman–Crippen LogP) is 1.89. The van der Waals surface area contributed by atoms with E-state index in [0.717, 1.165) is 25.9 Å². The number of rotatable bonds is 3. The van der Waals surface area contributed by atoms with Crippen LogP contribution in [-0.2, 0) is 9.47 Å². The van der Waals surface area contributed by atoms with Gasteiger partial charge in [0, 0.05) is 20.2 Å². The lowest BCUT2D eigenvalue weighted by Crippen LogP contribution is -2.41. The molecule has 0 saturated carbocycles. The van der Waals surface area contributed by atoms with Crippen LogP contribution >= 0.6 is 0 Å². The molecule has 0 aromatic heterocycles. The Morgan fingerprint density at radius 2 is 2.07 bits per heavy atom. The van der Waals surface area contributed by atoms with Crippen LogP contribution in [0.25, 0.3) is 0 Å². The molecule has 0 aromatic rings. The zero-order valence-corrected chi connectivity index (χ0v) is 9.86. The maximum absolute atomic E-state index is 11.4. The van der Waals surface area contributed by atoms with Crippen molar-refractivity contribution in [2.45, 2.75) is 32.8 Å². The monoisotopic (exact) mass is 215 g/mol. The summed E-state index contributed by atoms with van der Waals surface area (Å²) in [5, 5.41) is 0. The highest BCUT2D eigenvalue weighted by Gasteiger charge is 2.26. The number of nitrogens with zero attached hydrogens (tertiary/aromatic N) is 1. The fourth-order valence-corrected chi connectivity index (χ4v) is 1.96. The van der Waals surface area contributed by atoms with Gasteiger partial charge in [-0.3, -0.25) is 0 Å². The van der Waals surface area contributed by atoms with Crippen LogP contribution in [0, 0.1) is 5.92 Å². The van der Waals surface area contributed by atoms with E-state index in [1.165, 1.54) is 0 Å². The highest BCUT2D eigenvalue weighted by Crippen LogP contribution is 2.22. The van der Waals surface area contributed by atoms with Crippen molar-refractivity contribution in [2.24, 2.45) is 5.92 Å². The van der Waals surface area contributed by atoms with E-state index < -0.39 is 0 Å². The number of piperidine rings is 1. The Balaban J connectivity index is 2.32. The molecule has 0 aliphatic carbocycles. The Hall–Kier alpha value is -0.770. The van der Waals surface area contributed by atoms with Gasteiger partial charge in [0.1, 0.15) is 0 Å². The molecule has 1 fully saturated rings. The number of likely N-dealkylation sites (tertiary alicyclic amines) is 1. The zero-order chi connectivity index (χ0) is 11.3. The van der Waals surface area contributed by atoms with Gasteiger partial charge in [-0.15, -0.1) is 0 Å². The lowest BCUT2D eigenvalue weighted by molar-refractivity contribution is 0.0299. The molecule has 1 saturated heterocycles. The van der Waals surface area contributed by atoms with Crippen LogP contribution in [0.5, 0.6) is 0 Å². The molecule has 1 unspecified atom stereocenters. The fraction of sp³-hybridized carbons (Fsp3) is 0.909. The van der Waals surface area contributed by atoms with Gasteiger partial charge in [-0.25, -0.2) is 4.79 Å². The molecule has 4 heteroatoms. The molecule has 1 aliphatic heterocycles. The second-order valence-corrected chi connectivity index (χ2v) is 3.96. The molecule has 0 radical (unpaired) electrons. The predicted molar refractivity (Wildman–Crippen MR) is 57.8 cm³/mol. The molecule has 1 atom stereocenters. The molecular weight excluding hydrogens is 194 g/mol. The largest absolute Gasteiger partial charge is 0.450 e. The molecule has 0 N–H and O–H groups in total. The second-order valence-electron chi connectivity index (χ2n) is 3.96. The maximum atomic E-state index is 11.4. The Labute approximate surface area is 91.5 Å². The summed E-state index contributed by atoms with van der Waals surface area (Å²) in [5.74, 6) is 0.570. The molecule has 0 aromatic carbocycles. The fourth-order valence-electron chi connectivity index (χ4n) is 1.96. The highest BCUT2D eigenvalue weighted by atomic mass is 16.6.